The van der Waals surface area contributed by atoms with Gasteiger partial charge in [0.25, 0.3) is 0 Å². The molecule has 1 aromatic heterocycles. The van der Waals surface area contributed by atoms with Gasteiger partial charge in [-0.15, -0.1) is 0 Å². The van der Waals surface area contributed by atoms with Crippen LogP contribution in [0.25, 0.3) is 0 Å². The Morgan fingerprint density at radius 3 is 2.54 bits per heavy atom. The molecule has 0 bridgehead atoms. The second-order valence-corrected chi connectivity index (χ2v) is 3.89. The summed E-state index contributed by atoms with van der Waals surface area (Å²) in [5.41, 5.74) is 7.76. The lowest BCUT2D eigenvalue weighted by molar-refractivity contribution is 0.387. The number of anilines is 1. The van der Waals surface area contributed by atoms with E-state index >= 15 is 0 Å². The maximum absolute atomic E-state index is 5.62. The fourth-order valence-corrected chi connectivity index (χ4v) is 2.12. The predicted octanol–water partition coefficient (Wildman–Crippen LogP) is 2.61. The molecule has 0 aliphatic heterocycles. The maximum Gasteiger partial charge on any atom is 0.225 e. The van der Waals surface area contributed by atoms with E-state index in [1.54, 1.807) is 0 Å². The topological polar surface area (TPSA) is 52.0 Å². The van der Waals surface area contributed by atoms with E-state index in [-0.39, 0.29) is 0 Å². The Labute approximate surface area is 78.3 Å². The third-order valence-electron chi connectivity index (χ3n) is 2.99. The van der Waals surface area contributed by atoms with Crippen LogP contribution in [-0.2, 0) is 0 Å². The third kappa shape index (κ3) is 1.55. The smallest absolute Gasteiger partial charge is 0.225 e. The molecule has 3 heteroatoms. The van der Waals surface area contributed by atoms with Crippen molar-refractivity contribution in [2.45, 2.75) is 44.9 Å². The van der Waals surface area contributed by atoms with Crippen LogP contribution in [-0.4, -0.2) is 5.16 Å². The molecule has 0 atom stereocenters. The number of aromatic nitrogens is 1. The molecule has 2 N–H and O–H groups in total. The lowest BCUT2D eigenvalue weighted by Crippen LogP contribution is -2.06. The lowest BCUT2D eigenvalue weighted by Gasteiger charge is -2.19. The molecule has 1 aliphatic rings. The van der Waals surface area contributed by atoms with E-state index in [9.17, 15) is 0 Å². The summed E-state index contributed by atoms with van der Waals surface area (Å²) in [6.45, 7) is 2.00. The molecule has 1 fully saturated rings. The van der Waals surface area contributed by atoms with E-state index in [1.165, 1.54) is 32.1 Å². The summed E-state index contributed by atoms with van der Waals surface area (Å²) in [5.74, 6) is 1.08. The molecule has 0 spiro atoms. The standard InChI is InChI=1S/C10H16N2O/c1-7-9(12-13-10(7)11)8-5-3-2-4-6-8/h8H,2-6,11H2,1H3. The van der Waals surface area contributed by atoms with Crippen LogP contribution >= 0.6 is 0 Å². The number of nitrogen functional groups attached to an aromatic ring is 1. The summed E-state index contributed by atoms with van der Waals surface area (Å²) in [6.07, 6.45) is 6.48. The molecular weight excluding hydrogens is 164 g/mol. The van der Waals surface area contributed by atoms with Crippen LogP contribution < -0.4 is 5.73 Å². The van der Waals surface area contributed by atoms with Crippen molar-refractivity contribution in [1.29, 1.82) is 0 Å². The highest BCUT2D eigenvalue weighted by Crippen LogP contribution is 2.34. The van der Waals surface area contributed by atoms with Gasteiger partial charge in [-0.1, -0.05) is 24.4 Å². The highest BCUT2D eigenvalue weighted by Gasteiger charge is 2.21. The molecular formula is C10H16N2O. The fraction of sp³-hybridized carbons (Fsp3) is 0.700. The first-order valence-electron chi connectivity index (χ1n) is 5.00. The summed E-state index contributed by atoms with van der Waals surface area (Å²) in [5, 5.41) is 4.04. The molecule has 0 saturated heterocycles. The molecule has 0 unspecified atom stereocenters. The van der Waals surface area contributed by atoms with E-state index in [0.29, 0.717) is 11.8 Å². The van der Waals surface area contributed by atoms with Crippen molar-refractivity contribution in [2.24, 2.45) is 0 Å². The Balaban J connectivity index is 2.18. The molecule has 0 aromatic carbocycles. The quantitative estimate of drug-likeness (QED) is 0.722. The minimum absolute atomic E-state index is 0.487. The summed E-state index contributed by atoms with van der Waals surface area (Å²) >= 11 is 0. The van der Waals surface area contributed by atoms with Crippen LogP contribution in [0.4, 0.5) is 5.88 Å². The summed E-state index contributed by atoms with van der Waals surface area (Å²) in [7, 11) is 0. The first-order chi connectivity index (χ1) is 6.29. The number of nitrogens with zero attached hydrogens (tertiary/aromatic N) is 1. The molecule has 1 aromatic rings. The molecule has 72 valence electrons. The molecule has 0 radical (unpaired) electrons. The van der Waals surface area contributed by atoms with Crippen LogP contribution in [0.2, 0.25) is 0 Å². The maximum atomic E-state index is 5.62. The molecule has 1 saturated carbocycles. The average Bonchev–Trinajstić information content (AvgIpc) is 2.49. The van der Waals surface area contributed by atoms with Gasteiger partial charge in [-0.25, -0.2) is 0 Å². The number of hydrogen-bond acceptors (Lipinski definition) is 3. The van der Waals surface area contributed by atoms with E-state index in [2.05, 4.69) is 5.16 Å². The lowest BCUT2D eigenvalue weighted by atomic mass is 9.86. The first-order valence-corrected chi connectivity index (χ1v) is 5.00. The zero-order chi connectivity index (χ0) is 9.26. The van der Waals surface area contributed by atoms with Crippen LogP contribution in [0.3, 0.4) is 0 Å². The van der Waals surface area contributed by atoms with Gasteiger partial charge in [0, 0.05) is 11.5 Å². The van der Waals surface area contributed by atoms with Gasteiger partial charge in [0.15, 0.2) is 0 Å². The molecule has 1 heterocycles. The molecule has 0 amide bonds. The second kappa shape index (κ2) is 3.40. The second-order valence-electron chi connectivity index (χ2n) is 3.89. The van der Waals surface area contributed by atoms with Gasteiger partial charge in [0.1, 0.15) is 0 Å². The molecule has 13 heavy (non-hydrogen) atoms. The third-order valence-corrected chi connectivity index (χ3v) is 2.99. The zero-order valence-electron chi connectivity index (χ0n) is 8.05. The largest absolute Gasteiger partial charge is 0.367 e. The van der Waals surface area contributed by atoms with Gasteiger partial charge in [0.2, 0.25) is 5.88 Å². The summed E-state index contributed by atoms with van der Waals surface area (Å²) in [4.78, 5) is 0. The molecule has 1 aliphatic carbocycles. The monoisotopic (exact) mass is 180 g/mol. The van der Waals surface area contributed by atoms with Crippen molar-refractivity contribution >= 4 is 5.88 Å². The number of hydrogen-bond donors (Lipinski definition) is 1. The van der Waals surface area contributed by atoms with Crippen molar-refractivity contribution in [1.82, 2.24) is 5.16 Å². The normalized spacial score (nSPS) is 19.2. The Kier molecular flexibility index (Phi) is 2.25. The summed E-state index contributed by atoms with van der Waals surface area (Å²) in [6, 6.07) is 0. The predicted molar refractivity (Wildman–Crippen MR) is 51.5 cm³/mol. The van der Waals surface area contributed by atoms with E-state index in [1.807, 2.05) is 6.92 Å². The highest BCUT2D eigenvalue weighted by atomic mass is 16.5. The number of rotatable bonds is 1. The van der Waals surface area contributed by atoms with Crippen molar-refractivity contribution in [3.8, 4) is 0 Å². The van der Waals surface area contributed by atoms with Crippen LogP contribution in [0.5, 0.6) is 0 Å². The highest BCUT2D eigenvalue weighted by molar-refractivity contribution is 5.38. The van der Waals surface area contributed by atoms with Crippen LogP contribution in [0.15, 0.2) is 4.52 Å². The van der Waals surface area contributed by atoms with Gasteiger partial charge >= 0.3 is 0 Å². The minimum atomic E-state index is 0.487. The minimum Gasteiger partial charge on any atom is -0.367 e. The van der Waals surface area contributed by atoms with Gasteiger partial charge in [0.05, 0.1) is 5.69 Å². The summed E-state index contributed by atoms with van der Waals surface area (Å²) < 4.78 is 4.98. The van der Waals surface area contributed by atoms with Crippen molar-refractivity contribution in [3.05, 3.63) is 11.3 Å². The van der Waals surface area contributed by atoms with E-state index in [0.717, 1.165) is 11.3 Å². The molecule has 3 nitrogen and oxygen atoms in total. The van der Waals surface area contributed by atoms with Gasteiger partial charge in [-0.3, -0.25) is 0 Å². The first kappa shape index (κ1) is 8.60. The fourth-order valence-electron chi connectivity index (χ4n) is 2.12. The van der Waals surface area contributed by atoms with Crippen molar-refractivity contribution in [3.63, 3.8) is 0 Å². The van der Waals surface area contributed by atoms with E-state index in [4.69, 9.17) is 10.3 Å². The number of nitrogens with two attached hydrogens (primary N) is 1. The Hall–Kier alpha value is -0.990. The van der Waals surface area contributed by atoms with Crippen molar-refractivity contribution < 1.29 is 4.52 Å². The van der Waals surface area contributed by atoms with Gasteiger partial charge in [-0.05, 0) is 19.8 Å². The Morgan fingerprint density at radius 1 is 1.31 bits per heavy atom. The van der Waals surface area contributed by atoms with Gasteiger partial charge in [-0.2, -0.15) is 0 Å². The van der Waals surface area contributed by atoms with Gasteiger partial charge < -0.3 is 10.3 Å². The Morgan fingerprint density at radius 2 is 2.00 bits per heavy atom. The van der Waals surface area contributed by atoms with Crippen LogP contribution in [0, 0.1) is 6.92 Å². The van der Waals surface area contributed by atoms with Crippen LogP contribution in [0.1, 0.15) is 49.3 Å². The van der Waals surface area contributed by atoms with E-state index < -0.39 is 0 Å². The van der Waals surface area contributed by atoms with Crippen molar-refractivity contribution in [2.75, 3.05) is 5.73 Å². The SMILES string of the molecule is Cc1c(C2CCCCC2)noc1N. The Bertz CT molecular complexity index is 287. The average molecular weight is 180 g/mol. The zero-order valence-corrected chi connectivity index (χ0v) is 8.05. The molecule has 2 rings (SSSR count).